The number of hydrogen-bond acceptors (Lipinski definition) is 6. The predicted molar refractivity (Wildman–Crippen MR) is 78.0 cm³/mol. The molecule has 0 radical (unpaired) electrons. The van der Waals surface area contributed by atoms with E-state index in [1.54, 1.807) is 19.1 Å². The van der Waals surface area contributed by atoms with Crippen LogP contribution in [0.25, 0.3) is 0 Å². The second-order valence-electron chi connectivity index (χ2n) is 4.36. The van der Waals surface area contributed by atoms with E-state index in [2.05, 4.69) is 15.3 Å². The van der Waals surface area contributed by atoms with Gasteiger partial charge in [0.15, 0.2) is 0 Å². The fraction of sp³-hybridized carbons (Fsp3) is 0.231. The lowest BCUT2D eigenvalue weighted by atomic mass is 10.2. The number of hydrogen-bond donors (Lipinski definition) is 3. The highest BCUT2D eigenvalue weighted by molar-refractivity contribution is 7.13. The molecule has 110 valence electrons. The Hall–Kier alpha value is -2.48. The van der Waals surface area contributed by atoms with Crippen LogP contribution in [0.5, 0.6) is 0 Å². The minimum atomic E-state index is -1.01. The summed E-state index contributed by atoms with van der Waals surface area (Å²) in [6.45, 7) is 1.83. The second-order valence-corrected chi connectivity index (χ2v) is 5.45. The van der Waals surface area contributed by atoms with Crippen molar-refractivity contribution in [2.24, 2.45) is 0 Å². The molecule has 0 fully saturated rings. The summed E-state index contributed by atoms with van der Waals surface area (Å²) in [6, 6.07) is 3.37. The quantitative estimate of drug-likeness (QED) is 0.758. The molecule has 0 aliphatic heterocycles. The second kappa shape index (κ2) is 6.31. The predicted octanol–water partition coefficient (Wildman–Crippen LogP) is 0.986. The van der Waals surface area contributed by atoms with E-state index in [0.29, 0.717) is 22.1 Å². The first-order chi connectivity index (χ1) is 9.95. The number of carboxylic acids is 1. The first-order valence-corrected chi connectivity index (χ1v) is 6.94. The number of pyridine rings is 1. The van der Waals surface area contributed by atoms with Crippen molar-refractivity contribution in [2.45, 2.75) is 19.9 Å². The number of aryl methyl sites for hydroxylation is 1. The molecule has 2 rings (SSSR count). The van der Waals surface area contributed by atoms with Crippen molar-refractivity contribution in [3.8, 4) is 0 Å². The molecule has 0 unspecified atom stereocenters. The third kappa shape index (κ3) is 3.99. The van der Waals surface area contributed by atoms with E-state index in [4.69, 9.17) is 10.8 Å². The number of rotatable bonds is 5. The molecule has 21 heavy (non-hydrogen) atoms. The molecule has 0 bridgehead atoms. The number of carboxylic acid groups (broad SMARTS) is 1. The Morgan fingerprint density at radius 3 is 2.76 bits per heavy atom. The molecule has 0 saturated heterocycles. The van der Waals surface area contributed by atoms with Crippen molar-refractivity contribution in [1.82, 2.24) is 15.3 Å². The van der Waals surface area contributed by atoms with Crippen LogP contribution in [0.2, 0.25) is 0 Å². The van der Waals surface area contributed by atoms with Gasteiger partial charge in [-0.1, -0.05) is 0 Å². The molecule has 2 aromatic heterocycles. The van der Waals surface area contributed by atoms with Gasteiger partial charge in [0.1, 0.15) is 9.88 Å². The van der Waals surface area contributed by atoms with E-state index in [1.807, 2.05) is 0 Å². The number of aromatic carboxylic acids is 1. The normalized spacial score (nSPS) is 10.3. The standard InChI is InChI=1S/C13H14N4O3S/c1-7-12(13(19)20)21-11(17-7)6-16-10(18)4-9-3-2-8(14)5-15-9/h2-3,5H,4,6,14H2,1H3,(H,16,18)(H,19,20). The average molecular weight is 306 g/mol. The van der Waals surface area contributed by atoms with E-state index in [1.165, 1.54) is 6.20 Å². The summed E-state index contributed by atoms with van der Waals surface area (Å²) in [5.41, 5.74) is 7.13. The van der Waals surface area contributed by atoms with E-state index in [0.717, 1.165) is 11.3 Å². The fourth-order valence-electron chi connectivity index (χ4n) is 1.67. The Labute approximate surface area is 124 Å². The van der Waals surface area contributed by atoms with E-state index in [9.17, 15) is 9.59 Å². The van der Waals surface area contributed by atoms with Crippen molar-refractivity contribution < 1.29 is 14.7 Å². The molecule has 4 N–H and O–H groups in total. The van der Waals surface area contributed by atoms with Gasteiger partial charge in [0.25, 0.3) is 0 Å². The Morgan fingerprint density at radius 1 is 1.43 bits per heavy atom. The summed E-state index contributed by atoms with van der Waals surface area (Å²) in [4.78, 5) is 31.0. The summed E-state index contributed by atoms with van der Waals surface area (Å²) in [7, 11) is 0. The zero-order chi connectivity index (χ0) is 15.4. The summed E-state index contributed by atoms with van der Waals surface area (Å²) in [5, 5.41) is 12.2. The van der Waals surface area contributed by atoms with Crippen molar-refractivity contribution >= 4 is 28.9 Å². The Morgan fingerprint density at radius 2 is 2.19 bits per heavy atom. The smallest absolute Gasteiger partial charge is 0.347 e. The number of carbonyl (C=O) groups is 2. The van der Waals surface area contributed by atoms with Crippen molar-refractivity contribution in [3.63, 3.8) is 0 Å². The van der Waals surface area contributed by atoms with Gasteiger partial charge < -0.3 is 16.2 Å². The molecule has 2 aromatic rings. The molecule has 0 spiro atoms. The van der Waals surface area contributed by atoms with Gasteiger partial charge in [-0.05, 0) is 19.1 Å². The highest BCUT2D eigenvalue weighted by Gasteiger charge is 2.14. The van der Waals surface area contributed by atoms with Crippen molar-refractivity contribution in [2.75, 3.05) is 5.73 Å². The van der Waals surface area contributed by atoms with Crippen LogP contribution < -0.4 is 11.1 Å². The number of nitrogens with two attached hydrogens (primary N) is 1. The number of nitrogens with one attached hydrogen (secondary N) is 1. The average Bonchev–Trinajstić information content (AvgIpc) is 2.81. The lowest BCUT2D eigenvalue weighted by molar-refractivity contribution is -0.120. The summed E-state index contributed by atoms with van der Waals surface area (Å²) in [6.07, 6.45) is 1.63. The molecule has 0 saturated carbocycles. The minimum absolute atomic E-state index is 0.135. The fourth-order valence-corrected chi connectivity index (χ4v) is 2.51. The van der Waals surface area contributed by atoms with Gasteiger partial charge >= 0.3 is 5.97 Å². The molecule has 1 amide bonds. The number of carbonyl (C=O) groups excluding carboxylic acids is 1. The van der Waals surface area contributed by atoms with Gasteiger partial charge in [0.2, 0.25) is 5.91 Å². The lowest BCUT2D eigenvalue weighted by Crippen LogP contribution is -2.24. The first-order valence-electron chi connectivity index (χ1n) is 6.12. The van der Waals surface area contributed by atoms with Gasteiger partial charge in [0.05, 0.1) is 30.5 Å². The summed E-state index contributed by atoms with van der Waals surface area (Å²) < 4.78 is 0. The first kappa shape index (κ1) is 14.9. The van der Waals surface area contributed by atoms with E-state index >= 15 is 0 Å². The van der Waals surface area contributed by atoms with Crippen LogP contribution in [-0.4, -0.2) is 27.0 Å². The molecule has 8 heteroatoms. The zero-order valence-corrected chi connectivity index (χ0v) is 12.1. The molecular formula is C13H14N4O3S. The number of amides is 1. The van der Waals surface area contributed by atoms with Crippen molar-refractivity contribution in [1.29, 1.82) is 0 Å². The van der Waals surface area contributed by atoms with Crippen LogP contribution in [0, 0.1) is 6.92 Å². The molecule has 0 aliphatic rings. The molecule has 0 aliphatic carbocycles. The van der Waals surface area contributed by atoms with E-state index in [-0.39, 0.29) is 23.7 Å². The topological polar surface area (TPSA) is 118 Å². The monoisotopic (exact) mass is 306 g/mol. The number of aromatic nitrogens is 2. The summed E-state index contributed by atoms with van der Waals surface area (Å²) >= 11 is 1.06. The highest BCUT2D eigenvalue weighted by Crippen LogP contribution is 2.17. The van der Waals surface area contributed by atoms with Crippen LogP contribution in [0.1, 0.15) is 26.1 Å². The third-order valence-corrected chi connectivity index (χ3v) is 3.81. The maximum Gasteiger partial charge on any atom is 0.347 e. The maximum absolute atomic E-state index is 11.8. The van der Waals surface area contributed by atoms with Crippen LogP contribution in [0.4, 0.5) is 5.69 Å². The number of thiazole rings is 1. The number of nitrogen functional groups attached to an aromatic ring is 1. The molecule has 2 heterocycles. The molecule has 7 nitrogen and oxygen atoms in total. The van der Waals surface area contributed by atoms with Crippen LogP contribution in [0.3, 0.4) is 0 Å². The minimum Gasteiger partial charge on any atom is -0.477 e. The van der Waals surface area contributed by atoms with Gasteiger partial charge in [-0.25, -0.2) is 9.78 Å². The zero-order valence-electron chi connectivity index (χ0n) is 11.3. The SMILES string of the molecule is Cc1nc(CNC(=O)Cc2ccc(N)cn2)sc1C(=O)O. The van der Waals surface area contributed by atoms with Crippen molar-refractivity contribution in [3.05, 3.63) is 39.6 Å². The van der Waals surface area contributed by atoms with Gasteiger partial charge in [-0.3, -0.25) is 9.78 Å². The third-order valence-electron chi connectivity index (χ3n) is 2.66. The van der Waals surface area contributed by atoms with Gasteiger partial charge in [-0.2, -0.15) is 0 Å². The van der Waals surface area contributed by atoms with E-state index < -0.39 is 5.97 Å². The highest BCUT2D eigenvalue weighted by atomic mass is 32.1. The Balaban J connectivity index is 1.90. The molecule has 0 aromatic carbocycles. The number of nitrogens with zero attached hydrogens (tertiary/aromatic N) is 2. The number of anilines is 1. The molecular weight excluding hydrogens is 292 g/mol. The Kier molecular flexibility index (Phi) is 4.49. The van der Waals surface area contributed by atoms with Gasteiger partial charge in [-0.15, -0.1) is 11.3 Å². The lowest BCUT2D eigenvalue weighted by Gasteiger charge is -2.03. The Bertz CT molecular complexity index is 667. The van der Waals surface area contributed by atoms with Crippen LogP contribution in [-0.2, 0) is 17.8 Å². The summed E-state index contributed by atoms with van der Waals surface area (Å²) in [5.74, 6) is -1.22. The van der Waals surface area contributed by atoms with Gasteiger partial charge in [0, 0.05) is 5.69 Å². The maximum atomic E-state index is 11.8. The molecule has 0 atom stereocenters. The largest absolute Gasteiger partial charge is 0.477 e. The van der Waals surface area contributed by atoms with Crippen LogP contribution in [0.15, 0.2) is 18.3 Å². The van der Waals surface area contributed by atoms with Crippen LogP contribution >= 0.6 is 11.3 Å².